The van der Waals surface area contributed by atoms with Crippen LogP contribution in [0.1, 0.15) is 72.2 Å². The molecule has 18 nitrogen and oxygen atoms in total. The quantitative estimate of drug-likeness (QED) is 0.144. The molecule has 0 saturated heterocycles. The molecule has 6 heterocycles. The zero-order chi connectivity index (χ0) is 80.2. The highest BCUT2D eigenvalue weighted by Gasteiger charge is 2.41. The Bertz CT molecular complexity index is 6640. The Morgan fingerprint density at radius 2 is 0.684 bits per heavy atom. The number of para-hydroxylation sites is 3. The van der Waals surface area contributed by atoms with Crippen LogP contribution >= 0.6 is 0 Å². The van der Waals surface area contributed by atoms with Crippen molar-refractivity contribution in [3.8, 4) is 46.5 Å². The normalized spacial score (nSPS) is 15.3. The molecular formula is C96H76N16O2. The molecule has 0 fully saturated rings. The van der Waals surface area contributed by atoms with Crippen molar-refractivity contribution in [2.75, 3.05) is 67.4 Å². The number of rotatable bonds is 6. The highest BCUT2D eigenvalue weighted by Crippen LogP contribution is 2.55. The fourth-order valence-corrected chi connectivity index (χ4v) is 16.7. The summed E-state index contributed by atoms with van der Waals surface area (Å²) >= 11 is 0. The van der Waals surface area contributed by atoms with Crippen molar-refractivity contribution in [2.45, 2.75) is 80.1 Å². The molecule has 18 heteroatoms. The predicted octanol–water partition coefficient (Wildman–Crippen LogP) is 24.5. The molecule has 0 amide bonds. The third kappa shape index (κ3) is 12.0. The van der Waals surface area contributed by atoms with Crippen LogP contribution in [0.3, 0.4) is 0 Å². The smallest absolute Gasteiger partial charge is 0.206 e. The Kier molecular flexibility index (Phi) is 19.4. The molecule has 18 rings (SSSR count). The van der Waals surface area contributed by atoms with Gasteiger partial charge in [0.1, 0.15) is 41.4 Å². The molecule has 0 radical (unpaired) electrons. The molecule has 0 saturated carbocycles. The molecular weight excluding hydrogens is 1410 g/mol. The van der Waals surface area contributed by atoms with Gasteiger partial charge in [-0.05, 0) is 149 Å². The fourth-order valence-electron chi connectivity index (χ4n) is 16.7. The second kappa shape index (κ2) is 29.9. The number of hydrogen-bond donors (Lipinski definition) is 0. The van der Waals surface area contributed by atoms with E-state index in [1.54, 1.807) is 24.3 Å². The molecule has 0 aliphatic carbocycles. The summed E-state index contributed by atoms with van der Waals surface area (Å²) in [5.74, 6) is 0. The summed E-state index contributed by atoms with van der Waals surface area (Å²) in [6.45, 7) is 46.4. The zero-order valence-electron chi connectivity index (χ0n) is 65.1. The van der Waals surface area contributed by atoms with Crippen LogP contribution in [0, 0.1) is 99.3 Å². The summed E-state index contributed by atoms with van der Waals surface area (Å²) in [4.78, 5) is 31.4. The second-order valence-corrected chi connectivity index (χ2v) is 28.8. The minimum absolute atomic E-state index is 0.00129. The lowest BCUT2D eigenvalue weighted by Gasteiger charge is -2.31. The van der Waals surface area contributed by atoms with Gasteiger partial charge in [0.2, 0.25) is 22.7 Å². The highest BCUT2D eigenvalue weighted by molar-refractivity contribution is 6.12. The van der Waals surface area contributed by atoms with Gasteiger partial charge in [0, 0.05) is 72.7 Å². The molecule has 0 N–H and O–H groups in total. The topological polar surface area (TPSA) is 165 Å². The molecule has 552 valence electrons. The van der Waals surface area contributed by atoms with Crippen molar-refractivity contribution in [1.82, 2.24) is 0 Å². The molecule has 114 heavy (non-hydrogen) atoms. The summed E-state index contributed by atoms with van der Waals surface area (Å²) in [6, 6.07) is 81.8. The van der Waals surface area contributed by atoms with Crippen LogP contribution in [0.5, 0.6) is 0 Å². The maximum atomic E-state index is 9.74. The van der Waals surface area contributed by atoms with Crippen LogP contribution in [-0.2, 0) is 0 Å². The minimum Gasteiger partial charge on any atom is -0.456 e. The van der Waals surface area contributed by atoms with Crippen molar-refractivity contribution in [3.05, 3.63) is 309 Å². The molecule has 0 bridgehead atoms. The Hall–Kier alpha value is -15.4. The Balaban J connectivity index is 0.000000120. The largest absolute Gasteiger partial charge is 0.456 e. The van der Waals surface area contributed by atoms with Crippen molar-refractivity contribution < 1.29 is 8.83 Å². The van der Waals surface area contributed by atoms with Gasteiger partial charge in [-0.1, -0.05) is 158 Å². The van der Waals surface area contributed by atoms with Gasteiger partial charge >= 0.3 is 0 Å². The molecule has 12 aromatic carbocycles. The predicted molar refractivity (Wildman–Crippen MR) is 460 cm³/mol. The second-order valence-electron chi connectivity index (χ2n) is 28.8. The van der Waals surface area contributed by atoms with E-state index < -0.39 is 0 Å². The van der Waals surface area contributed by atoms with E-state index in [4.69, 9.17) is 35.1 Å². The lowest BCUT2D eigenvalue weighted by Crippen LogP contribution is -2.36. The van der Waals surface area contributed by atoms with Crippen LogP contribution in [-0.4, -0.2) is 52.9 Å². The summed E-state index contributed by atoms with van der Waals surface area (Å²) in [7, 11) is 7.89. The van der Waals surface area contributed by atoms with E-state index in [-0.39, 0.29) is 24.7 Å². The summed E-state index contributed by atoms with van der Waals surface area (Å²) in [5, 5.41) is 43.2. The van der Waals surface area contributed by atoms with Gasteiger partial charge in [0.05, 0.1) is 130 Å². The van der Waals surface area contributed by atoms with Crippen LogP contribution in [0.25, 0.3) is 85.5 Å². The first-order valence-corrected chi connectivity index (χ1v) is 37.3. The maximum Gasteiger partial charge on any atom is 0.206 e. The monoisotopic (exact) mass is 1480 g/mol. The van der Waals surface area contributed by atoms with Crippen molar-refractivity contribution in [3.63, 3.8) is 0 Å². The first kappa shape index (κ1) is 74.0. The average molecular weight is 1490 g/mol. The first-order chi connectivity index (χ1) is 55.2. The lowest BCUT2D eigenvalue weighted by atomic mass is 9.99. The van der Waals surface area contributed by atoms with Gasteiger partial charge in [-0.15, -0.1) is 0 Å². The van der Waals surface area contributed by atoms with Crippen LogP contribution in [0.4, 0.5) is 91.0 Å². The molecule has 4 aliphatic heterocycles. The summed E-state index contributed by atoms with van der Waals surface area (Å²) in [6.07, 6.45) is 0.0326. The van der Waals surface area contributed by atoms with Gasteiger partial charge in [-0.3, -0.25) is 0 Å². The summed E-state index contributed by atoms with van der Waals surface area (Å²) < 4.78 is 12.4. The van der Waals surface area contributed by atoms with E-state index >= 15 is 0 Å². The fraction of sp³-hybridized carbons (Fsp3) is 0.167. The average Bonchev–Trinajstić information content (AvgIpc) is 1.59. The molecule has 0 unspecified atom stereocenters. The minimum atomic E-state index is -0.0319. The first-order valence-electron chi connectivity index (χ1n) is 37.3. The molecule has 14 aromatic rings. The Labute approximate surface area is 663 Å². The van der Waals surface area contributed by atoms with Gasteiger partial charge in [0.25, 0.3) is 0 Å². The van der Waals surface area contributed by atoms with Crippen LogP contribution in [0.15, 0.2) is 227 Å². The van der Waals surface area contributed by atoms with Gasteiger partial charge < -0.3 is 48.0 Å². The van der Waals surface area contributed by atoms with E-state index in [0.29, 0.717) is 45.0 Å². The number of nitriles is 4. The Morgan fingerprint density at radius 1 is 0.298 bits per heavy atom. The standard InChI is InChI=1S/2C24H18N4O.2C24H20N4/c1-14-11-17-16-7-5-6-8-22(16)29-23(17)12-21(14)28-15(2)27(4)24-18(13-25)19(26-3)9-10-20(24)28;1-14-9-10-17-16-7-5-6-8-21(16)29-24(17)22(14)28-15(2)27(4)23-18(13-25)19(26-3)11-12-20(23)28;1-16-9-8-12-19(18-10-6-5-7-11-18)23(16)28-17(2)27(4)24-20(15-25)21(26-3)13-14-22(24)28;1-16-14-19(18-8-6-5-7-9-18)10-12-22(16)28-17(2)27(4)24-20(15-25)21(26-3)11-13-23(24)28/h2*5-12,15H,1-2,4H3;2*5-14,17H,1-2,4H3/t2*15-;2*17-/m0000/s1. The van der Waals surface area contributed by atoms with Crippen molar-refractivity contribution >= 4 is 135 Å². The van der Waals surface area contributed by atoms with E-state index in [2.05, 4.69) is 235 Å². The third-order valence-corrected chi connectivity index (χ3v) is 22.7. The van der Waals surface area contributed by atoms with E-state index in [0.717, 1.165) is 134 Å². The number of fused-ring (bicyclic) bond motifs is 10. The third-order valence-electron chi connectivity index (χ3n) is 22.7. The number of hydrogen-bond acceptors (Lipinski definition) is 14. The van der Waals surface area contributed by atoms with Crippen LogP contribution in [0.2, 0.25) is 0 Å². The Morgan fingerprint density at radius 3 is 1.15 bits per heavy atom. The number of nitrogens with zero attached hydrogens (tertiary/aromatic N) is 16. The van der Waals surface area contributed by atoms with Gasteiger partial charge in [-0.25, -0.2) is 19.4 Å². The maximum absolute atomic E-state index is 9.74. The lowest BCUT2D eigenvalue weighted by molar-refractivity contribution is 0.661. The van der Waals surface area contributed by atoms with Crippen molar-refractivity contribution in [2.24, 2.45) is 0 Å². The zero-order valence-corrected chi connectivity index (χ0v) is 65.1. The number of aryl methyl sites for hydroxylation is 4. The number of furan rings is 2. The van der Waals surface area contributed by atoms with E-state index in [1.165, 1.54) is 22.3 Å². The van der Waals surface area contributed by atoms with E-state index in [1.807, 2.05) is 125 Å². The van der Waals surface area contributed by atoms with Crippen molar-refractivity contribution in [1.29, 1.82) is 21.0 Å². The molecule has 4 aliphatic rings. The number of anilines is 12. The summed E-state index contributed by atoms with van der Waals surface area (Å²) in [5.41, 5.74) is 27.3. The SMILES string of the molecule is [C-]#[N+]c1ccc2c(c1C#N)N(C)[C@H](C)N2c1c(C)ccc2c1oc1ccccc12.[C-]#[N+]c1ccc2c(c1C#N)N(C)[C@H](C)N2c1c(C)cccc1-c1ccccc1.[C-]#[N+]c1ccc2c(c1C#N)N(C)[C@H](C)N2c1cc2oc3ccccc3c2cc1C.[C-]#[N+]c1ccc2c(c1C#N)N(C)[C@H](C)N2c1ccc(-c2ccccc2)cc1C. The van der Waals surface area contributed by atoms with Crippen LogP contribution < -0.4 is 39.2 Å². The molecule has 2 aromatic heterocycles. The van der Waals surface area contributed by atoms with Gasteiger partial charge in [0.15, 0.2) is 5.58 Å². The van der Waals surface area contributed by atoms with E-state index in [9.17, 15) is 21.0 Å². The molecule has 4 atom stereocenters. The highest BCUT2D eigenvalue weighted by atomic mass is 16.3. The molecule has 0 spiro atoms. The number of benzene rings is 12. The van der Waals surface area contributed by atoms with Gasteiger partial charge in [-0.2, -0.15) is 21.0 Å².